The number of hydrogen-bond donors (Lipinski definition) is 0. The molecule has 0 bridgehead atoms. The van der Waals surface area contributed by atoms with Crippen LogP contribution in [0, 0.1) is 6.92 Å². The van der Waals surface area contributed by atoms with Crippen molar-refractivity contribution in [2.24, 2.45) is 0 Å². The molecule has 1 heterocycles. The van der Waals surface area contributed by atoms with Crippen molar-refractivity contribution in [2.45, 2.75) is 12.5 Å². The summed E-state index contributed by atoms with van der Waals surface area (Å²) in [5.74, 6) is 0. The number of ether oxygens (including phenoxy) is 1. The topological polar surface area (TPSA) is 32.8 Å². The van der Waals surface area contributed by atoms with Crippen molar-refractivity contribution in [3.05, 3.63) is 6.92 Å². The Hall–Kier alpha value is -0.770. The zero-order valence-electron chi connectivity index (χ0n) is 8.32. The van der Waals surface area contributed by atoms with Gasteiger partial charge in [0, 0.05) is 26.7 Å². The molecule has 0 aromatic heterocycles. The van der Waals surface area contributed by atoms with Crippen LogP contribution in [0.2, 0.25) is 0 Å². The molecule has 13 heavy (non-hydrogen) atoms. The summed E-state index contributed by atoms with van der Waals surface area (Å²) < 4.78 is 5.24. The first-order valence-corrected chi connectivity index (χ1v) is 4.53. The molecule has 0 aliphatic carbocycles. The zero-order valence-corrected chi connectivity index (χ0v) is 8.32. The summed E-state index contributed by atoms with van der Waals surface area (Å²) in [5.41, 5.74) is 0. The van der Waals surface area contributed by atoms with E-state index in [9.17, 15) is 4.79 Å². The van der Waals surface area contributed by atoms with E-state index in [0.717, 1.165) is 19.5 Å². The minimum absolute atomic E-state index is 0.0616. The third-order valence-electron chi connectivity index (χ3n) is 2.26. The standard InChI is InChI=1S/C9H17N2O2/c1-4-11(3)9(12)13-8-5-6-10(2)7-8/h8H,1,4-7H2,2-3H3. The lowest BCUT2D eigenvalue weighted by Gasteiger charge is -2.18. The summed E-state index contributed by atoms with van der Waals surface area (Å²) in [5, 5.41) is 0. The van der Waals surface area contributed by atoms with Gasteiger partial charge in [-0.3, -0.25) is 0 Å². The van der Waals surface area contributed by atoms with Gasteiger partial charge in [-0.05, 0) is 20.4 Å². The molecule has 4 heteroatoms. The van der Waals surface area contributed by atoms with Gasteiger partial charge < -0.3 is 14.5 Å². The van der Waals surface area contributed by atoms with Gasteiger partial charge in [-0.1, -0.05) is 0 Å². The fourth-order valence-electron chi connectivity index (χ4n) is 1.31. The second-order valence-corrected chi connectivity index (χ2v) is 3.48. The lowest BCUT2D eigenvalue weighted by molar-refractivity contribution is 0.0759. The van der Waals surface area contributed by atoms with E-state index < -0.39 is 0 Å². The summed E-state index contributed by atoms with van der Waals surface area (Å²) in [7, 11) is 3.72. The second-order valence-electron chi connectivity index (χ2n) is 3.48. The first kappa shape index (κ1) is 10.3. The number of nitrogens with zero attached hydrogens (tertiary/aromatic N) is 2. The van der Waals surface area contributed by atoms with Gasteiger partial charge in [-0.2, -0.15) is 0 Å². The van der Waals surface area contributed by atoms with Crippen LogP contribution >= 0.6 is 0 Å². The highest BCUT2D eigenvalue weighted by molar-refractivity contribution is 5.67. The molecule has 1 unspecified atom stereocenters. The van der Waals surface area contributed by atoms with Crippen molar-refractivity contribution in [1.29, 1.82) is 0 Å². The number of amides is 1. The Bertz CT molecular complexity index is 184. The highest BCUT2D eigenvalue weighted by Crippen LogP contribution is 2.11. The summed E-state index contributed by atoms with van der Waals surface area (Å²) in [6, 6.07) is 0. The number of carbonyl (C=O) groups is 1. The Morgan fingerprint density at radius 3 is 2.92 bits per heavy atom. The van der Waals surface area contributed by atoms with E-state index in [1.807, 2.05) is 7.05 Å². The maximum atomic E-state index is 11.3. The Morgan fingerprint density at radius 2 is 2.46 bits per heavy atom. The van der Waals surface area contributed by atoms with Gasteiger partial charge in [-0.15, -0.1) is 0 Å². The highest BCUT2D eigenvalue weighted by Gasteiger charge is 2.23. The normalized spacial score (nSPS) is 23.2. The highest BCUT2D eigenvalue weighted by atomic mass is 16.6. The number of hydrogen-bond acceptors (Lipinski definition) is 3. The van der Waals surface area contributed by atoms with Gasteiger partial charge >= 0.3 is 6.09 Å². The molecule has 0 saturated carbocycles. The number of carbonyl (C=O) groups excluding carboxylic acids is 1. The van der Waals surface area contributed by atoms with Gasteiger partial charge in [0.25, 0.3) is 0 Å². The lowest BCUT2D eigenvalue weighted by atomic mass is 10.3. The van der Waals surface area contributed by atoms with Crippen molar-refractivity contribution in [3.8, 4) is 0 Å². The molecule has 1 amide bonds. The molecule has 0 aromatic carbocycles. The molecule has 1 aliphatic rings. The zero-order chi connectivity index (χ0) is 9.84. The van der Waals surface area contributed by atoms with Crippen molar-refractivity contribution in [1.82, 2.24) is 9.80 Å². The van der Waals surface area contributed by atoms with Crippen LogP contribution in [0.3, 0.4) is 0 Å². The maximum Gasteiger partial charge on any atom is 0.409 e. The molecule has 0 spiro atoms. The SMILES string of the molecule is [CH2]CN(C)C(=O)OC1CCN(C)C1. The van der Waals surface area contributed by atoms with Crippen molar-refractivity contribution in [2.75, 3.05) is 33.7 Å². The van der Waals surface area contributed by atoms with Gasteiger partial charge in [0.2, 0.25) is 0 Å². The Morgan fingerprint density at radius 1 is 1.77 bits per heavy atom. The van der Waals surface area contributed by atoms with E-state index >= 15 is 0 Å². The minimum Gasteiger partial charge on any atom is -0.445 e. The molecule has 1 rings (SSSR count). The lowest BCUT2D eigenvalue weighted by Crippen LogP contribution is -2.32. The second kappa shape index (κ2) is 4.46. The molecule has 1 aliphatic heterocycles. The average Bonchev–Trinajstić information content (AvgIpc) is 2.49. The molecule has 1 fully saturated rings. The quantitative estimate of drug-likeness (QED) is 0.631. The molecule has 0 N–H and O–H groups in total. The number of likely N-dealkylation sites (tertiary alicyclic amines) is 1. The van der Waals surface area contributed by atoms with Gasteiger partial charge in [0.1, 0.15) is 6.10 Å². The monoisotopic (exact) mass is 185 g/mol. The first-order chi connectivity index (χ1) is 6.13. The Labute approximate surface area is 79.4 Å². The predicted molar refractivity (Wildman–Crippen MR) is 50.4 cm³/mol. The van der Waals surface area contributed by atoms with Crippen LogP contribution in [0.4, 0.5) is 4.79 Å². The number of likely N-dealkylation sites (N-methyl/N-ethyl adjacent to an activating group) is 1. The van der Waals surface area contributed by atoms with E-state index in [1.54, 1.807) is 7.05 Å². The summed E-state index contributed by atoms with van der Waals surface area (Å²) in [4.78, 5) is 14.9. The van der Waals surface area contributed by atoms with Crippen LogP contribution in [0.5, 0.6) is 0 Å². The fraction of sp³-hybridized carbons (Fsp3) is 0.778. The van der Waals surface area contributed by atoms with E-state index in [4.69, 9.17) is 4.74 Å². The summed E-state index contributed by atoms with van der Waals surface area (Å²) in [6.45, 7) is 5.91. The van der Waals surface area contributed by atoms with Gasteiger partial charge in [-0.25, -0.2) is 4.79 Å². The van der Waals surface area contributed by atoms with Gasteiger partial charge in [0.05, 0.1) is 0 Å². The average molecular weight is 185 g/mol. The largest absolute Gasteiger partial charge is 0.445 e. The molecule has 1 atom stereocenters. The maximum absolute atomic E-state index is 11.3. The van der Waals surface area contributed by atoms with Crippen molar-refractivity contribution < 1.29 is 9.53 Å². The van der Waals surface area contributed by atoms with Crippen LogP contribution in [0.25, 0.3) is 0 Å². The van der Waals surface area contributed by atoms with E-state index in [0.29, 0.717) is 6.54 Å². The minimum atomic E-state index is -0.268. The predicted octanol–water partition coefficient (Wildman–Crippen LogP) is 0.593. The molecule has 75 valence electrons. The van der Waals surface area contributed by atoms with Crippen LogP contribution < -0.4 is 0 Å². The third kappa shape index (κ3) is 2.88. The molecule has 4 nitrogen and oxygen atoms in total. The first-order valence-electron chi connectivity index (χ1n) is 4.53. The summed E-state index contributed by atoms with van der Waals surface area (Å²) >= 11 is 0. The van der Waals surface area contributed by atoms with E-state index in [-0.39, 0.29) is 12.2 Å². The van der Waals surface area contributed by atoms with E-state index in [2.05, 4.69) is 11.8 Å². The Balaban J connectivity index is 2.28. The van der Waals surface area contributed by atoms with Crippen LogP contribution in [-0.4, -0.2) is 55.7 Å². The molecule has 0 aromatic rings. The smallest absolute Gasteiger partial charge is 0.409 e. The van der Waals surface area contributed by atoms with E-state index in [1.165, 1.54) is 4.90 Å². The fourth-order valence-corrected chi connectivity index (χ4v) is 1.31. The van der Waals surface area contributed by atoms with Crippen LogP contribution in [0.15, 0.2) is 0 Å². The third-order valence-corrected chi connectivity index (χ3v) is 2.26. The van der Waals surface area contributed by atoms with Crippen LogP contribution in [-0.2, 0) is 4.74 Å². The molecular weight excluding hydrogens is 168 g/mol. The Kier molecular flexibility index (Phi) is 3.54. The van der Waals surface area contributed by atoms with Crippen LogP contribution in [0.1, 0.15) is 6.42 Å². The number of rotatable bonds is 2. The molecule has 1 saturated heterocycles. The van der Waals surface area contributed by atoms with Gasteiger partial charge in [0.15, 0.2) is 0 Å². The summed E-state index contributed by atoms with van der Waals surface area (Å²) in [6.07, 6.45) is 0.731. The van der Waals surface area contributed by atoms with Crippen molar-refractivity contribution >= 4 is 6.09 Å². The molecule has 1 radical (unpaired) electrons. The molecular formula is C9H17N2O2. The van der Waals surface area contributed by atoms with Crippen molar-refractivity contribution in [3.63, 3.8) is 0 Å².